The lowest BCUT2D eigenvalue weighted by molar-refractivity contribution is -0.00451. The van der Waals surface area contributed by atoms with Gasteiger partial charge in [-0.15, -0.1) is 0 Å². The lowest BCUT2D eigenvalue weighted by Crippen LogP contribution is -2.13. The van der Waals surface area contributed by atoms with Crippen LogP contribution in [-0.4, -0.2) is 69.7 Å². The highest BCUT2D eigenvalue weighted by molar-refractivity contribution is 5.40. The molecule has 0 heterocycles. The van der Waals surface area contributed by atoms with Crippen LogP contribution in [0.2, 0.25) is 0 Å². The molecule has 0 aliphatic heterocycles. The van der Waals surface area contributed by atoms with Crippen molar-refractivity contribution in [1.29, 1.82) is 0 Å². The normalized spacial score (nSPS) is 10.9. The van der Waals surface area contributed by atoms with Crippen molar-refractivity contribution in [3.63, 3.8) is 0 Å². The summed E-state index contributed by atoms with van der Waals surface area (Å²) in [4.78, 5) is 0. The molecule has 0 saturated heterocycles. The minimum Gasteiger partial charge on any atom is -0.508 e. The standard InChI is InChI=1S/C17H28O7/c1-2-3-20-4-5-21-6-7-22-8-9-23-10-11-24-17-13-15(18)12-16(19)14-17/h12-14,18-19H,2-11H2,1H3. The minimum absolute atomic E-state index is 0.0431. The fourth-order valence-corrected chi connectivity index (χ4v) is 1.78. The molecule has 1 aromatic rings. The van der Waals surface area contributed by atoms with Gasteiger partial charge in [-0.1, -0.05) is 6.92 Å². The zero-order valence-electron chi connectivity index (χ0n) is 14.2. The summed E-state index contributed by atoms with van der Waals surface area (Å²) in [6.45, 7) is 6.78. The lowest BCUT2D eigenvalue weighted by Gasteiger charge is -2.09. The fraction of sp³-hybridized carbons (Fsp3) is 0.647. The molecule has 138 valence electrons. The van der Waals surface area contributed by atoms with Crippen LogP contribution in [0.5, 0.6) is 17.2 Å². The predicted molar refractivity (Wildman–Crippen MR) is 88.8 cm³/mol. The number of aromatic hydroxyl groups is 2. The van der Waals surface area contributed by atoms with Gasteiger partial charge in [0.15, 0.2) is 0 Å². The van der Waals surface area contributed by atoms with E-state index < -0.39 is 0 Å². The van der Waals surface area contributed by atoms with Gasteiger partial charge in [-0.25, -0.2) is 0 Å². The number of hydrogen-bond donors (Lipinski definition) is 2. The zero-order chi connectivity index (χ0) is 17.5. The average Bonchev–Trinajstić information content (AvgIpc) is 2.54. The highest BCUT2D eigenvalue weighted by atomic mass is 16.6. The van der Waals surface area contributed by atoms with Crippen LogP contribution >= 0.6 is 0 Å². The molecule has 7 heteroatoms. The average molecular weight is 344 g/mol. The van der Waals surface area contributed by atoms with Crippen LogP contribution in [0.4, 0.5) is 0 Å². The Bertz CT molecular complexity index is 405. The number of ether oxygens (including phenoxy) is 5. The van der Waals surface area contributed by atoms with Crippen molar-refractivity contribution < 1.29 is 33.9 Å². The second-order valence-electron chi connectivity index (χ2n) is 4.98. The highest BCUT2D eigenvalue weighted by Crippen LogP contribution is 2.25. The molecule has 0 aliphatic carbocycles. The van der Waals surface area contributed by atoms with E-state index in [1.165, 1.54) is 18.2 Å². The molecular weight excluding hydrogens is 316 g/mol. The molecule has 0 fully saturated rings. The molecule has 0 aromatic heterocycles. The molecule has 7 nitrogen and oxygen atoms in total. The van der Waals surface area contributed by atoms with Crippen molar-refractivity contribution in [2.24, 2.45) is 0 Å². The van der Waals surface area contributed by atoms with Gasteiger partial charge >= 0.3 is 0 Å². The summed E-state index contributed by atoms with van der Waals surface area (Å²) < 4.78 is 26.7. The smallest absolute Gasteiger partial charge is 0.126 e. The molecular formula is C17H28O7. The third-order valence-electron chi connectivity index (χ3n) is 2.84. The Morgan fingerprint density at radius 2 is 1.04 bits per heavy atom. The summed E-state index contributed by atoms with van der Waals surface area (Å²) in [6.07, 6.45) is 1.02. The fourth-order valence-electron chi connectivity index (χ4n) is 1.78. The van der Waals surface area contributed by atoms with Crippen LogP contribution in [0, 0.1) is 0 Å². The van der Waals surface area contributed by atoms with E-state index in [0.29, 0.717) is 58.6 Å². The Morgan fingerprint density at radius 1 is 0.625 bits per heavy atom. The second kappa shape index (κ2) is 13.9. The maximum atomic E-state index is 9.30. The Hall–Kier alpha value is -1.54. The Labute approximate surface area is 143 Å². The first-order valence-corrected chi connectivity index (χ1v) is 8.19. The molecule has 0 unspecified atom stereocenters. The summed E-state index contributed by atoms with van der Waals surface area (Å²) in [5.41, 5.74) is 0. The summed E-state index contributed by atoms with van der Waals surface area (Å²) >= 11 is 0. The van der Waals surface area contributed by atoms with Gasteiger partial charge in [-0.3, -0.25) is 0 Å². The Balaban J connectivity index is 1.84. The first-order valence-electron chi connectivity index (χ1n) is 8.19. The van der Waals surface area contributed by atoms with Crippen molar-refractivity contribution in [2.45, 2.75) is 13.3 Å². The van der Waals surface area contributed by atoms with Crippen molar-refractivity contribution in [3.8, 4) is 17.2 Å². The molecule has 2 N–H and O–H groups in total. The monoisotopic (exact) mass is 344 g/mol. The van der Waals surface area contributed by atoms with E-state index in [1.54, 1.807) is 0 Å². The highest BCUT2D eigenvalue weighted by Gasteiger charge is 2.00. The SMILES string of the molecule is CCCOCCOCCOCCOCCOc1cc(O)cc(O)c1. The summed E-state index contributed by atoms with van der Waals surface area (Å²) in [6, 6.07) is 4.09. The number of rotatable bonds is 15. The molecule has 24 heavy (non-hydrogen) atoms. The summed E-state index contributed by atoms with van der Waals surface area (Å²) in [7, 11) is 0. The molecule has 0 aliphatic rings. The van der Waals surface area contributed by atoms with Gasteiger partial charge in [0.05, 0.1) is 46.2 Å². The predicted octanol–water partition coefficient (Wildman–Crippen LogP) is 1.95. The number of benzene rings is 1. The Kier molecular flexibility index (Phi) is 11.8. The van der Waals surface area contributed by atoms with Crippen molar-refractivity contribution in [3.05, 3.63) is 18.2 Å². The van der Waals surface area contributed by atoms with Crippen LogP contribution in [0.1, 0.15) is 13.3 Å². The second-order valence-corrected chi connectivity index (χ2v) is 4.98. The van der Waals surface area contributed by atoms with E-state index in [0.717, 1.165) is 13.0 Å². The van der Waals surface area contributed by atoms with E-state index >= 15 is 0 Å². The van der Waals surface area contributed by atoms with Gasteiger partial charge < -0.3 is 33.9 Å². The zero-order valence-corrected chi connectivity index (χ0v) is 14.2. The first-order chi connectivity index (χ1) is 11.7. The van der Waals surface area contributed by atoms with E-state index in [1.807, 2.05) is 0 Å². The van der Waals surface area contributed by atoms with E-state index in [-0.39, 0.29) is 11.5 Å². The molecule has 1 rings (SSSR count). The van der Waals surface area contributed by atoms with Gasteiger partial charge in [0.25, 0.3) is 0 Å². The molecule has 1 aromatic carbocycles. The van der Waals surface area contributed by atoms with Crippen molar-refractivity contribution in [1.82, 2.24) is 0 Å². The van der Waals surface area contributed by atoms with Crippen molar-refractivity contribution in [2.75, 3.05) is 59.5 Å². The van der Waals surface area contributed by atoms with Crippen LogP contribution in [0.3, 0.4) is 0 Å². The summed E-state index contributed by atoms with van der Waals surface area (Å²) in [5, 5.41) is 18.6. The van der Waals surface area contributed by atoms with Gasteiger partial charge in [0.2, 0.25) is 0 Å². The van der Waals surface area contributed by atoms with Gasteiger partial charge in [-0.2, -0.15) is 0 Å². The largest absolute Gasteiger partial charge is 0.508 e. The van der Waals surface area contributed by atoms with Gasteiger partial charge in [0.1, 0.15) is 23.9 Å². The maximum Gasteiger partial charge on any atom is 0.126 e. The third kappa shape index (κ3) is 11.1. The molecule has 0 spiro atoms. The summed E-state index contributed by atoms with van der Waals surface area (Å²) in [5.74, 6) is 0.310. The quantitative estimate of drug-likeness (QED) is 0.470. The lowest BCUT2D eigenvalue weighted by atomic mass is 10.3. The molecule has 0 atom stereocenters. The van der Waals surface area contributed by atoms with Gasteiger partial charge in [-0.05, 0) is 6.42 Å². The third-order valence-corrected chi connectivity index (χ3v) is 2.84. The Morgan fingerprint density at radius 3 is 1.50 bits per heavy atom. The van der Waals surface area contributed by atoms with E-state index in [4.69, 9.17) is 23.7 Å². The molecule has 0 saturated carbocycles. The van der Waals surface area contributed by atoms with Crippen LogP contribution in [0.25, 0.3) is 0 Å². The first kappa shape index (κ1) is 20.5. The van der Waals surface area contributed by atoms with Gasteiger partial charge in [0, 0.05) is 24.8 Å². The van der Waals surface area contributed by atoms with E-state index in [2.05, 4.69) is 6.92 Å². The van der Waals surface area contributed by atoms with E-state index in [9.17, 15) is 10.2 Å². The van der Waals surface area contributed by atoms with Crippen LogP contribution < -0.4 is 4.74 Å². The minimum atomic E-state index is -0.0431. The van der Waals surface area contributed by atoms with Crippen LogP contribution in [-0.2, 0) is 18.9 Å². The topological polar surface area (TPSA) is 86.6 Å². The number of phenolic OH excluding ortho intramolecular Hbond substituents is 2. The molecule has 0 radical (unpaired) electrons. The molecule has 0 amide bonds. The maximum absolute atomic E-state index is 9.30. The van der Waals surface area contributed by atoms with Crippen molar-refractivity contribution >= 4 is 0 Å². The molecule has 0 bridgehead atoms. The van der Waals surface area contributed by atoms with Crippen LogP contribution in [0.15, 0.2) is 18.2 Å². The number of phenols is 2. The number of hydrogen-bond acceptors (Lipinski definition) is 7.